The first-order valence-corrected chi connectivity index (χ1v) is 8.31. The van der Waals surface area contributed by atoms with Crippen molar-refractivity contribution in [1.82, 2.24) is 4.90 Å². The van der Waals surface area contributed by atoms with E-state index < -0.39 is 28.7 Å². The van der Waals surface area contributed by atoms with Crippen molar-refractivity contribution >= 4 is 23.5 Å². The zero-order chi connectivity index (χ0) is 19.7. The van der Waals surface area contributed by atoms with Crippen LogP contribution in [0.1, 0.15) is 38.8 Å². The van der Waals surface area contributed by atoms with Crippen molar-refractivity contribution in [2.45, 2.75) is 25.8 Å². The van der Waals surface area contributed by atoms with Gasteiger partial charge in [0.05, 0.1) is 16.1 Å². The summed E-state index contributed by atoms with van der Waals surface area (Å²) in [6.07, 6.45) is 0.327. The third-order valence-corrected chi connectivity index (χ3v) is 4.62. The molecule has 0 saturated heterocycles. The standard InChI is InChI=1S/C19H16N2O6/c1-2-11-9-13(21(26)27)8-7-12(11)10-16(19(24)25)20-17(22)14-5-3-4-6-15(14)18(20)23/h3-9,16H,2,10H2,1H3,(H,24,25). The van der Waals surface area contributed by atoms with E-state index in [0.717, 1.165) is 4.90 Å². The fourth-order valence-electron chi connectivity index (χ4n) is 3.24. The van der Waals surface area contributed by atoms with Gasteiger partial charge in [-0.2, -0.15) is 0 Å². The number of fused-ring (bicyclic) bond motifs is 1. The molecule has 138 valence electrons. The van der Waals surface area contributed by atoms with E-state index in [1.807, 2.05) is 0 Å². The van der Waals surface area contributed by atoms with Crippen LogP contribution in [-0.2, 0) is 17.6 Å². The number of benzene rings is 2. The van der Waals surface area contributed by atoms with E-state index in [4.69, 9.17) is 0 Å². The number of nitrogens with zero attached hydrogens (tertiary/aromatic N) is 2. The van der Waals surface area contributed by atoms with Crippen molar-refractivity contribution in [2.24, 2.45) is 0 Å². The van der Waals surface area contributed by atoms with Crippen LogP contribution < -0.4 is 0 Å². The Morgan fingerprint density at radius 1 is 1.11 bits per heavy atom. The van der Waals surface area contributed by atoms with Crippen LogP contribution in [0.4, 0.5) is 5.69 Å². The smallest absolute Gasteiger partial charge is 0.327 e. The monoisotopic (exact) mass is 368 g/mol. The molecule has 0 bridgehead atoms. The van der Waals surface area contributed by atoms with Gasteiger partial charge in [-0.05, 0) is 29.7 Å². The molecule has 2 aromatic carbocycles. The third-order valence-electron chi connectivity index (χ3n) is 4.62. The van der Waals surface area contributed by atoms with Crippen molar-refractivity contribution in [3.63, 3.8) is 0 Å². The van der Waals surface area contributed by atoms with Crippen LogP contribution in [0.2, 0.25) is 0 Å². The summed E-state index contributed by atoms with van der Waals surface area (Å²) < 4.78 is 0. The van der Waals surface area contributed by atoms with Gasteiger partial charge in [-0.3, -0.25) is 24.6 Å². The van der Waals surface area contributed by atoms with Gasteiger partial charge in [-0.15, -0.1) is 0 Å². The summed E-state index contributed by atoms with van der Waals surface area (Å²) >= 11 is 0. The molecule has 1 atom stereocenters. The Kier molecular flexibility index (Phi) is 4.72. The zero-order valence-electron chi connectivity index (χ0n) is 14.4. The van der Waals surface area contributed by atoms with Crippen molar-refractivity contribution in [3.8, 4) is 0 Å². The first-order valence-electron chi connectivity index (χ1n) is 8.31. The van der Waals surface area contributed by atoms with Crippen LogP contribution >= 0.6 is 0 Å². The number of carboxylic acids is 1. The molecular weight excluding hydrogens is 352 g/mol. The maximum Gasteiger partial charge on any atom is 0.327 e. The third kappa shape index (κ3) is 3.17. The van der Waals surface area contributed by atoms with E-state index in [-0.39, 0.29) is 23.2 Å². The van der Waals surface area contributed by atoms with Gasteiger partial charge in [0.15, 0.2) is 0 Å². The molecule has 0 saturated carbocycles. The molecule has 2 amide bonds. The van der Waals surface area contributed by atoms with Gasteiger partial charge in [0.25, 0.3) is 17.5 Å². The predicted octanol–water partition coefficient (Wildman–Crippen LogP) is 2.45. The van der Waals surface area contributed by atoms with Crippen molar-refractivity contribution in [1.29, 1.82) is 0 Å². The Balaban J connectivity index is 1.97. The highest BCUT2D eigenvalue weighted by molar-refractivity contribution is 6.22. The maximum atomic E-state index is 12.6. The molecule has 1 aliphatic rings. The summed E-state index contributed by atoms with van der Waals surface area (Å²) in [5.41, 5.74) is 1.41. The summed E-state index contributed by atoms with van der Waals surface area (Å²) in [5, 5.41) is 20.6. The minimum Gasteiger partial charge on any atom is -0.480 e. The maximum absolute atomic E-state index is 12.6. The minimum absolute atomic E-state index is 0.0943. The van der Waals surface area contributed by atoms with E-state index in [1.54, 1.807) is 19.1 Å². The van der Waals surface area contributed by atoms with Crippen molar-refractivity contribution < 1.29 is 24.4 Å². The largest absolute Gasteiger partial charge is 0.480 e. The molecule has 0 aliphatic carbocycles. The summed E-state index contributed by atoms with van der Waals surface area (Å²) in [7, 11) is 0. The topological polar surface area (TPSA) is 118 Å². The van der Waals surface area contributed by atoms with Gasteiger partial charge in [0.1, 0.15) is 6.04 Å². The van der Waals surface area contributed by atoms with Crippen LogP contribution in [0.3, 0.4) is 0 Å². The number of carboxylic acid groups (broad SMARTS) is 1. The number of aliphatic carboxylic acids is 1. The van der Waals surface area contributed by atoms with Gasteiger partial charge >= 0.3 is 5.97 Å². The highest BCUT2D eigenvalue weighted by Gasteiger charge is 2.42. The number of non-ortho nitro benzene ring substituents is 1. The number of hydrogen-bond donors (Lipinski definition) is 1. The Labute approximate surface area is 154 Å². The molecule has 2 aromatic rings. The molecule has 1 unspecified atom stereocenters. The lowest BCUT2D eigenvalue weighted by Gasteiger charge is -2.23. The number of nitro benzene ring substituents is 1. The van der Waals surface area contributed by atoms with Crippen LogP contribution in [0.5, 0.6) is 0 Å². The number of amides is 2. The molecule has 8 nitrogen and oxygen atoms in total. The number of rotatable bonds is 6. The van der Waals surface area contributed by atoms with E-state index in [2.05, 4.69) is 0 Å². The van der Waals surface area contributed by atoms with E-state index in [0.29, 0.717) is 17.5 Å². The molecule has 0 fully saturated rings. The normalized spacial score (nSPS) is 14.2. The number of aryl methyl sites for hydroxylation is 1. The van der Waals surface area contributed by atoms with Crippen molar-refractivity contribution in [3.05, 3.63) is 74.8 Å². The second-order valence-corrected chi connectivity index (χ2v) is 6.15. The Morgan fingerprint density at radius 2 is 1.70 bits per heavy atom. The summed E-state index contributed by atoms with van der Waals surface area (Å²) in [6, 6.07) is 8.93. The average Bonchev–Trinajstić information content (AvgIpc) is 2.90. The average molecular weight is 368 g/mol. The molecule has 27 heavy (non-hydrogen) atoms. The van der Waals surface area contributed by atoms with Crippen LogP contribution in [0.15, 0.2) is 42.5 Å². The summed E-state index contributed by atoms with van der Waals surface area (Å²) in [5.74, 6) is -2.61. The van der Waals surface area contributed by atoms with Gasteiger partial charge in [-0.1, -0.05) is 25.1 Å². The summed E-state index contributed by atoms with van der Waals surface area (Å²) in [4.78, 5) is 48.2. The van der Waals surface area contributed by atoms with Gasteiger partial charge in [-0.25, -0.2) is 4.79 Å². The van der Waals surface area contributed by atoms with Crippen LogP contribution in [0.25, 0.3) is 0 Å². The lowest BCUT2D eigenvalue weighted by Crippen LogP contribution is -2.46. The molecule has 8 heteroatoms. The first kappa shape index (κ1) is 18.2. The van der Waals surface area contributed by atoms with Gasteiger partial charge < -0.3 is 5.11 Å². The van der Waals surface area contributed by atoms with Crippen molar-refractivity contribution in [2.75, 3.05) is 0 Å². The lowest BCUT2D eigenvalue weighted by molar-refractivity contribution is -0.384. The molecule has 1 aliphatic heterocycles. The number of carbonyl (C=O) groups is 3. The molecule has 0 radical (unpaired) electrons. The lowest BCUT2D eigenvalue weighted by atomic mass is 9.97. The number of nitro groups is 1. The van der Waals surface area contributed by atoms with E-state index in [9.17, 15) is 29.6 Å². The molecule has 1 heterocycles. The summed E-state index contributed by atoms with van der Waals surface area (Å²) in [6.45, 7) is 1.79. The Hall–Kier alpha value is -3.55. The predicted molar refractivity (Wildman–Crippen MR) is 94.5 cm³/mol. The van der Waals surface area contributed by atoms with Crippen LogP contribution in [-0.4, -0.2) is 38.8 Å². The first-order chi connectivity index (χ1) is 12.8. The number of carbonyl (C=O) groups excluding carboxylic acids is 2. The quantitative estimate of drug-likeness (QED) is 0.475. The van der Waals surface area contributed by atoms with E-state index in [1.165, 1.54) is 30.3 Å². The molecule has 1 N–H and O–H groups in total. The van der Waals surface area contributed by atoms with Gasteiger partial charge in [0, 0.05) is 18.6 Å². The van der Waals surface area contributed by atoms with Crippen LogP contribution in [0, 0.1) is 10.1 Å². The SMILES string of the molecule is CCc1cc([N+](=O)[O-])ccc1CC(C(=O)O)N1C(=O)c2ccccc2C1=O. The van der Waals surface area contributed by atoms with E-state index >= 15 is 0 Å². The minimum atomic E-state index is -1.40. The second-order valence-electron chi connectivity index (χ2n) is 6.15. The molecule has 0 aromatic heterocycles. The Bertz CT molecular complexity index is 933. The zero-order valence-corrected chi connectivity index (χ0v) is 14.4. The number of imide groups is 1. The highest BCUT2D eigenvalue weighted by atomic mass is 16.6. The highest BCUT2D eigenvalue weighted by Crippen LogP contribution is 2.27. The van der Waals surface area contributed by atoms with Gasteiger partial charge in [0.2, 0.25) is 0 Å². The fourth-order valence-corrected chi connectivity index (χ4v) is 3.24. The number of hydrogen-bond acceptors (Lipinski definition) is 5. The molecule has 3 rings (SSSR count). The molecular formula is C19H16N2O6. The second kappa shape index (κ2) is 6.99. The molecule has 0 spiro atoms. The Morgan fingerprint density at radius 3 is 2.19 bits per heavy atom. The fraction of sp³-hybridized carbons (Fsp3) is 0.211.